The van der Waals surface area contributed by atoms with Gasteiger partial charge in [0, 0.05) is 11.8 Å². The van der Waals surface area contributed by atoms with E-state index in [2.05, 4.69) is 25.6 Å². The lowest BCUT2D eigenvalue weighted by molar-refractivity contribution is 0.0944. The molecule has 0 unspecified atom stereocenters. The van der Waals surface area contributed by atoms with Crippen molar-refractivity contribution in [3.63, 3.8) is 0 Å². The van der Waals surface area contributed by atoms with E-state index in [0.29, 0.717) is 17.3 Å². The van der Waals surface area contributed by atoms with Gasteiger partial charge in [-0.1, -0.05) is 0 Å². The molecule has 4 rings (SSSR count). The summed E-state index contributed by atoms with van der Waals surface area (Å²) in [7, 11) is 3.22. The van der Waals surface area contributed by atoms with Crippen LogP contribution in [0.5, 0.6) is 11.5 Å². The summed E-state index contributed by atoms with van der Waals surface area (Å²) in [6.45, 7) is 0.206. The van der Waals surface area contributed by atoms with Gasteiger partial charge < -0.3 is 14.8 Å². The molecule has 9 nitrogen and oxygen atoms in total. The second kappa shape index (κ2) is 8.48. The molecule has 2 N–H and O–H groups in total. The smallest absolute Gasteiger partial charge is 0.272 e. The van der Waals surface area contributed by atoms with Crippen molar-refractivity contribution >= 4 is 5.91 Å². The van der Waals surface area contributed by atoms with Crippen LogP contribution in [0.1, 0.15) is 16.3 Å². The maximum absolute atomic E-state index is 12.4. The fourth-order valence-electron chi connectivity index (χ4n) is 2.82. The molecule has 1 amide bonds. The van der Waals surface area contributed by atoms with E-state index >= 15 is 0 Å². The average molecular weight is 404 g/mol. The Morgan fingerprint density at radius 2 is 1.67 bits per heavy atom. The highest BCUT2D eigenvalue weighted by molar-refractivity contribution is 5.92. The lowest BCUT2D eigenvalue weighted by Crippen LogP contribution is -2.24. The van der Waals surface area contributed by atoms with E-state index in [0.717, 1.165) is 22.7 Å². The van der Waals surface area contributed by atoms with Crippen LogP contribution in [0.2, 0.25) is 0 Å². The lowest BCUT2D eigenvalue weighted by Gasteiger charge is -2.03. The van der Waals surface area contributed by atoms with E-state index in [4.69, 9.17) is 9.47 Å². The number of nitrogens with one attached hydrogen (secondary N) is 2. The minimum absolute atomic E-state index is 0.206. The summed E-state index contributed by atoms with van der Waals surface area (Å²) in [5, 5.41) is 14.1. The van der Waals surface area contributed by atoms with Crippen molar-refractivity contribution in [1.29, 1.82) is 0 Å². The van der Waals surface area contributed by atoms with Crippen LogP contribution in [0.15, 0.2) is 60.8 Å². The summed E-state index contributed by atoms with van der Waals surface area (Å²) in [6, 6.07) is 16.5. The Morgan fingerprint density at radius 1 is 1.00 bits per heavy atom. The van der Waals surface area contributed by atoms with Gasteiger partial charge in [0.15, 0.2) is 11.5 Å². The van der Waals surface area contributed by atoms with Gasteiger partial charge in [0.05, 0.1) is 26.5 Å². The molecule has 0 saturated carbocycles. The van der Waals surface area contributed by atoms with Gasteiger partial charge in [0.2, 0.25) is 0 Å². The molecule has 0 fully saturated rings. The third-order valence-corrected chi connectivity index (χ3v) is 4.46. The molecule has 2 aromatic carbocycles. The van der Waals surface area contributed by atoms with E-state index in [9.17, 15) is 4.79 Å². The molecule has 0 radical (unpaired) electrons. The average Bonchev–Trinajstić information content (AvgIpc) is 3.48. The fourth-order valence-corrected chi connectivity index (χ4v) is 2.82. The molecular formula is C21H20N6O3. The van der Waals surface area contributed by atoms with E-state index in [-0.39, 0.29) is 12.5 Å². The molecule has 9 heteroatoms. The van der Waals surface area contributed by atoms with Crippen molar-refractivity contribution in [2.24, 2.45) is 0 Å². The van der Waals surface area contributed by atoms with E-state index in [1.54, 1.807) is 31.2 Å². The minimum Gasteiger partial charge on any atom is -0.497 e. The monoisotopic (exact) mass is 404 g/mol. The fraction of sp³-hybridized carbons (Fsp3) is 0.143. The molecule has 0 atom stereocenters. The number of methoxy groups -OCH3 is 2. The highest BCUT2D eigenvalue weighted by Crippen LogP contribution is 2.19. The number of nitrogens with zero attached hydrogens (tertiary/aromatic N) is 4. The van der Waals surface area contributed by atoms with Crippen molar-refractivity contribution in [2.75, 3.05) is 14.2 Å². The number of ether oxygens (including phenoxy) is 2. The van der Waals surface area contributed by atoms with Crippen molar-refractivity contribution in [3.05, 3.63) is 72.3 Å². The summed E-state index contributed by atoms with van der Waals surface area (Å²) in [6.07, 6.45) is 1.73. The SMILES string of the molecule is COc1ccc(-c2n[nH]c(CNC(=O)c3ccn(-c4ccc(OC)cc4)n3)n2)cc1. The largest absolute Gasteiger partial charge is 0.497 e. The molecule has 0 aliphatic carbocycles. The van der Waals surface area contributed by atoms with Gasteiger partial charge >= 0.3 is 0 Å². The van der Waals surface area contributed by atoms with Crippen molar-refractivity contribution in [3.8, 4) is 28.6 Å². The molecule has 0 bridgehead atoms. The van der Waals surface area contributed by atoms with Gasteiger partial charge in [-0.05, 0) is 54.6 Å². The third kappa shape index (κ3) is 4.14. The number of carbonyl (C=O) groups is 1. The number of aromatic amines is 1. The topological polar surface area (TPSA) is 107 Å². The Kier molecular flexibility index (Phi) is 5.42. The van der Waals surface area contributed by atoms with Gasteiger partial charge in [-0.3, -0.25) is 9.89 Å². The number of hydrogen-bond acceptors (Lipinski definition) is 6. The predicted molar refractivity (Wildman–Crippen MR) is 110 cm³/mol. The number of aromatic nitrogens is 5. The summed E-state index contributed by atoms with van der Waals surface area (Å²) in [4.78, 5) is 16.8. The summed E-state index contributed by atoms with van der Waals surface area (Å²) < 4.78 is 11.9. The van der Waals surface area contributed by atoms with Gasteiger partial charge in [-0.15, -0.1) is 0 Å². The van der Waals surface area contributed by atoms with Crippen LogP contribution in [0, 0.1) is 0 Å². The summed E-state index contributed by atoms with van der Waals surface area (Å²) in [5.74, 6) is 2.31. The van der Waals surface area contributed by atoms with Gasteiger partial charge in [-0.25, -0.2) is 9.67 Å². The zero-order valence-electron chi connectivity index (χ0n) is 16.5. The molecule has 0 spiro atoms. The first-order valence-corrected chi connectivity index (χ1v) is 9.20. The first-order valence-electron chi connectivity index (χ1n) is 9.20. The van der Waals surface area contributed by atoms with Gasteiger partial charge in [0.25, 0.3) is 5.91 Å². The number of amides is 1. The van der Waals surface area contributed by atoms with Crippen molar-refractivity contribution < 1.29 is 14.3 Å². The normalized spacial score (nSPS) is 10.6. The number of H-pyrrole nitrogens is 1. The second-order valence-corrected chi connectivity index (χ2v) is 6.36. The van der Waals surface area contributed by atoms with Crippen LogP contribution in [0.4, 0.5) is 0 Å². The number of benzene rings is 2. The summed E-state index contributed by atoms with van der Waals surface area (Å²) >= 11 is 0. The Morgan fingerprint density at radius 3 is 2.33 bits per heavy atom. The quantitative estimate of drug-likeness (QED) is 0.490. The Hall–Kier alpha value is -4.14. The second-order valence-electron chi connectivity index (χ2n) is 6.36. The zero-order chi connectivity index (χ0) is 20.9. The van der Waals surface area contributed by atoms with Crippen molar-refractivity contribution in [1.82, 2.24) is 30.3 Å². The highest BCUT2D eigenvalue weighted by Gasteiger charge is 2.12. The minimum atomic E-state index is -0.301. The van der Waals surface area contributed by atoms with E-state index in [1.165, 1.54) is 0 Å². The Bertz CT molecular complexity index is 1130. The molecule has 30 heavy (non-hydrogen) atoms. The Balaban J connectivity index is 1.38. The summed E-state index contributed by atoms with van der Waals surface area (Å²) in [5.41, 5.74) is 1.98. The maximum atomic E-state index is 12.4. The van der Waals surface area contributed by atoms with Crippen LogP contribution in [-0.4, -0.2) is 45.1 Å². The predicted octanol–water partition coefficient (Wildman–Crippen LogP) is 2.60. The van der Waals surface area contributed by atoms with Crippen molar-refractivity contribution in [2.45, 2.75) is 6.54 Å². The van der Waals surface area contributed by atoms with Crippen LogP contribution in [0.25, 0.3) is 17.1 Å². The molecular weight excluding hydrogens is 384 g/mol. The lowest BCUT2D eigenvalue weighted by atomic mass is 10.2. The number of hydrogen-bond donors (Lipinski definition) is 2. The van der Waals surface area contributed by atoms with E-state index in [1.807, 2.05) is 48.5 Å². The highest BCUT2D eigenvalue weighted by atomic mass is 16.5. The standard InChI is InChI=1S/C21H20N6O3/c1-29-16-7-3-14(4-8-16)20-23-19(24-25-20)13-22-21(28)18-11-12-27(26-18)15-5-9-17(30-2)10-6-15/h3-12H,13H2,1-2H3,(H,22,28)(H,23,24,25). The first kappa shape index (κ1) is 19.2. The molecule has 0 aliphatic heterocycles. The van der Waals surface area contributed by atoms with E-state index < -0.39 is 0 Å². The Labute approximate surface area is 172 Å². The number of carbonyl (C=O) groups excluding carboxylic acids is 1. The maximum Gasteiger partial charge on any atom is 0.272 e. The van der Waals surface area contributed by atoms with Crippen LogP contribution in [0.3, 0.4) is 0 Å². The molecule has 2 heterocycles. The molecule has 0 aliphatic rings. The molecule has 152 valence electrons. The zero-order valence-corrected chi connectivity index (χ0v) is 16.5. The molecule has 2 aromatic heterocycles. The van der Waals surface area contributed by atoms with Gasteiger partial charge in [0.1, 0.15) is 17.3 Å². The molecule has 4 aromatic rings. The molecule has 0 saturated heterocycles. The van der Waals surface area contributed by atoms with Crippen LogP contribution < -0.4 is 14.8 Å². The van der Waals surface area contributed by atoms with Crippen LogP contribution in [-0.2, 0) is 6.54 Å². The van der Waals surface area contributed by atoms with Gasteiger partial charge in [-0.2, -0.15) is 10.2 Å². The first-order chi connectivity index (χ1) is 14.7. The van der Waals surface area contributed by atoms with Crippen LogP contribution >= 0.6 is 0 Å². The third-order valence-electron chi connectivity index (χ3n) is 4.46. The number of rotatable bonds is 7.